The van der Waals surface area contributed by atoms with Crippen LogP contribution in [0.1, 0.15) is 0 Å². The molecular formula is C7H14OSi. The second-order valence-electron chi connectivity index (χ2n) is 2.40. The van der Waals surface area contributed by atoms with Crippen LogP contribution in [0.3, 0.4) is 0 Å². The minimum Gasteiger partial charge on any atom is -0.417 e. The standard InChI is InChI=1S/C7H14OSi/c1-5-6-7-9(3,4)8-2/h5-7H,1H2,2-4H3/b7-6+. The summed E-state index contributed by atoms with van der Waals surface area (Å²) in [6.45, 7) is 7.84. The molecule has 0 heterocycles. The zero-order chi connectivity index (χ0) is 7.33. The first-order valence-corrected chi connectivity index (χ1v) is 5.96. The Morgan fingerprint density at radius 3 is 2.33 bits per heavy atom. The van der Waals surface area contributed by atoms with Crippen LogP contribution in [0.25, 0.3) is 0 Å². The van der Waals surface area contributed by atoms with Crippen molar-refractivity contribution in [2.45, 2.75) is 13.1 Å². The first-order valence-electron chi connectivity index (χ1n) is 2.98. The minimum absolute atomic E-state index is 1.45. The molecule has 0 spiro atoms. The van der Waals surface area contributed by atoms with E-state index >= 15 is 0 Å². The van der Waals surface area contributed by atoms with Gasteiger partial charge in [-0.1, -0.05) is 24.4 Å². The number of allylic oxidation sites excluding steroid dienone is 2. The molecule has 0 saturated carbocycles. The van der Waals surface area contributed by atoms with Crippen molar-refractivity contribution in [1.82, 2.24) is 0 Å². The van der Waals surface area contributed by atoms with Crippen molar-refractivity contribution in [2.24, 2.45) is 0 Å². The van der Waals surface area contributed by atoms with E-state index < -0.39 is 8.32 Å². The maximum Gasteiger partial charge on any atom is 0.210 e. The number of hydrogen-bond donors (Lipinski definition) is 0. The fraction of sp³-hybridized carbons (Fsp3) is 0.429. The normalized spacial score (nSPS) is 12.3. The summed E-state index contributed by atoms with van der Waals surface area (Å²) in [6.07, 6.45) is 3.71. The van der Waals surface area contributed by atoms with Gasteiger partial charge in [-0.2, -0.15) is 0 Å². The van der Waals surface area contributed by atoms with Gasteiger partial charge < -0.3 is 4.43 Å². The molecule has 0 rings (SSSR count). The van der Waals surface area contributed by atoms with Gasteiger partial charge in [0.05, 0.1) is 0 Å². The summed E-state index contributed by atoms with van der Waals surface area (Å²) in [7, 11) is 0.300. The summed E-state index contributed by atoms with van der Waals surface area (Å²) >= 11 is 0. The largest absolute Gasteiger partial charge is 0.417 e. The Labute approximate surface area is 58.2 Å². The number of rotatable bonds is 3. The van der Waals surface area contributed by atoms with Crippen LogP contribution in [0, 0.1) is 0 Å². The molecule has 0 aromatic heterocycles. The zero-order valence-electron chi connectivity index (χ0n) is 6.35. The van der Waals surface area contributed by atoms with Gasteiger partial charge in [-0.3, -0.25) is 0 Å². The molecule has 0 aromatic carbocycles. The molecule has 9 heavy (non-hydrogen) atoms. The average molecular weight is 142 g/mol. The molecule has 0 unspecified atom stereocenters. The first-order chi connectivity index (χ1) is 4.12. The van der Waals surface area contributed by atoms with E-state index in [1.807, 2.05) is 6.08 Å². The second kappa shape index (κ2) is 3.64. The molecule has 0 aliphatic heterocycles. The van der Waals surface area contributed by atoms with Crippen LogP contribution in [0.15, 0.2) is 24.4 Å². The van der Waals surface area contributed by atoms with Crippen molar-refractivity contribution in [3.05, 3.63) is 24.4 Å². The molecule has 0 saturated heterocycles. The van der Waals surface area contributed by atoms with Crippen LogP contribution in [0.5, 0.6) is 0 Å². The highest BCUT2D eigenvalue weighted by molar-refractivity contribution is 6.76. The van der Waals surface area contributed by atoms with Crippen molar-refractivity contribution >= 4 is 8.32 Å². The van der Waals surface area contributed by atoms with Crippen LogP contribution in [0.4, 0.5) is 0 Å². The second-order valence-corrected chi connectivity index (χ2v) is 6.35. The molecule has 0 aromatic rings. The van der Waals surface area contributed by atoms with Gasteiger partial charge in [0.25, 0.3) is 0 Å². The molecule has 0 aliphatic rings. The molecule has 0 fully saturated rings. The lowest BCUT2D eigenvalue weighted by molar-refractivity contribution is 0.415. The maximum absolute atomic E-state index is 5.24. The van der Waals surface area contributed by atoms with Crippen molar-refractivity contribution < 1.29 is 4.43 Å². The van der Waals surface area contributed by atoms with Gasteiger partial charge in [0.2, 0.25) is 8.32 Å². The van der Waals surface area contributed by atoms with Crippen LogP contribution in [0.2, 0.25) is 13.1 Å². The predicted octanol–water partition coefficient (Wildman–Crippen LogP) is 2.12. The third kappa shape index (κ3) is 4.18. The predicted molar refractivity (Wildman–Crippen MR) is 43.8 cm³/mol. The van der Waals surface area contributed by atoms with Crippen molar-refractivity contribution in [3.63, 3.8) is 0 Å². The molecule has 0 aliphatic carbocycles. The monoisotopic (exact) mass is 142 g/mol. The number of hydrogen-bond acceptors (Lipinski definition) is 1. The fourth-order valence-corrected chi connectivity index (χ4v) is 1.10. The summed E-state index contributed by atoms with van der Waals surface area (Å²) in [4.78, 5) is 0. The summed E-state index contributed by atoms with van der Waals surface area (Å²) in [5.74, 6) is 0. The smallest absolute Gasteiger partial charge is 0.210 e. The molecular weight excluding hydrogens is 128 g/mol. The molecule has 52 valence electrons. The zero-order valence-corrected chi connectivity index (χ0v) is 7.35. The summed E-state index contributed by atoms with van der Waals surface area (Å²) in [6, 6.07) is 0. The van der Waals surface area contributed by atoms with Crippen LogP contribution in [-0.2, 0) is 4.43 Å². The molecule has 0 atom stereocenters. The van der Waals surface area contributed by atoms with E-state index in [0.29, 0.717) is 0 Å². The highest BCUT2D eigenvalue weighted by atomic mass is 28.4. The SMILES string of the molecule is C=C/C=C/[Si](C)(C)OC. The minimum atomic E-state index is -1.45. The fourth-order valence-electron chi connectivity index (χ4n) is 0.368. The van der Waals surface area contributed by atoms with Crippen LogP contribution < -0.4 is 0 Å². The average Bonchev–Trinajstić information content (AvgIpc) is 1.84. The molecule has 0 amide bonds. The van der Waals surface area contributed by atoms with Crippen molar-refractivity contribution in [2.75, 3.05) is 7.11 Å². The van der Waals surface area contributed by atoms with Gasteiger partial charge in [-0.25, -0.2) is 0 Å². The van der Waals surface area contributed by atoms with Gasteiger partial charge >= 0.3 is 0 Å². The highest BCUT2D eigenvalue weighted by Crippen LogP contribution is 2.02. The summed E-state index contributed by atoms with van der Waals surface area (Å²) < 4.78 is 5.24. The van der Waals surface area contributed by atoms with E-state index in [1.165, 1.54) is 0 Å². The lowest BCUT2D eigenvalue weighted by Gasteiger charge is -2.13. The van der Waals surface area contributed by atoms with Crippen molar-refractivity contribution in [1.29, 1.82) is 0 Å². The Hall–Kier alpha value is -0.343. The quantitative estimate of drug-likeness (QED) is 0.433. The third-order valence-electron chi connectivity index (χ3n) is 1.16. The molecule has 0 radical (unpaired) electrons. The van der Waals surface area contributed by atoms with Gasteiger partial charge in [0.15, 0.2) is 0 Å². The maximum atomic E-state index is 5.24. The van der Waals surface area contributed by atoms with Crippen LogP contribution >= 0.6 is 0 Å². The topological polar surface area (TPSA) is 9.23 Å². The molecule has 0 bridgehead atoms. The highest BCUT2D eigenvalue weighted by Gasteiger charge is 2.14. The lowest BCUT2D eigenvalue weighted by Crippen LogP contribution is -2.25. The van der Waals surface area contributed by atoms with Gasteiger partial charge in [0, 0.05) is 7.11 Å². The molecule has 0 N–H and O–H groups in total. The Balaban J connectivity index is 3.84. The first kappa shape index (κ1) is 8.66. The van der Waals surface area contributed by atoms with Gasteiger partial charge in [-0.15, -0.1) is 0 Å². The lowest BCUT2D eigenvalue weighted by atomic mass is 10.6. The van der Waals surface area contributed by atoms with Gasteiger partial charge in [0.1, 0.15) is 0 Å². The van der Waals surface area contributed by atoms with E-state index in [4.69, 9.17) is 4.43 Å². The van der Waals surface area contributed by atoms with E-state index in [9.17, 15) is 0 Å². The van der Waals surface area contributed by atoms with Gasteiger partial charge in [-0.05, 0) is 13.1 Å². The van der Waals surface area contributed by atoms with Crippen LogP contribution in [-0.4, -0.2) is 15.4 Å². The Kier molecular flexibility index (Phi) is 3.50. The Bertz CT molecular complexity index is 116. The molecule has 1 nitrogen and oxygen atoms in total. The van der Waals surface area contributed by atoms with E-state index in [-0.39, 0.29) is 0 Å². The third-order valence-corrected chi connectivity index (χ3v) is 3.21. The van der Waals surface area contributed by atoms with E-state index in [0.717, 1.165) is 0 Å². The Morgan fingerprint density at radius 2 is 2.00 bits per heavy atom. The Morgan fingerprint density at radius 1 is 1.44 bits per heavy atom. The van der Waals surface area contributed by atoms with E-state index in [2.05, 4.69) is 25.4 Å². The van der Waals surface area contributed by atoms with Crippen molar-refractivity contribution in [3.8, 4) is 0 Å². The molecule has 2 heteroatoms. The van der Waals surface area contributed by atoms with E-state index in [1.54, 1.807) is 13.2 Å². The summed E-state index contributed by atoms with van der Waals surface area (Å²) in [5, 5.41) is 0. The summed E-state index contributed by atoms with van der Waals surface area (Å²) in [5.41, 5.74) is 2.10.